The molecule has 0 aliphatic carbocycles. The van der Waals surface area contributed by atoms with Gasteiger partial charge in [-0.2, -0.15) is 9.57 Å². The van der Waals surface area contributed by atoms with E-state index in [1.165, 1.54) is 0 Å². The number of hydrogen-bond acceptors (Lipinski definition) is 4. The molecule has 1 N–H and O–H groups in total. The lowest BCUT2D eigenvalue weighted by Crippen LogP contribution is -2.38. The summed E-state index contributed by atoms with van der Waals surface area (Å²) in [7, 11) is -3.48. The highest BCUT2D eigenvalue weighted by Crippen LogP contribution is 2.36. The Labute approximate surface area is 125 Å². The molecular weight excluding hydrogens is 286 g/mol. The predicted octanol–water partition coefficient (Wildman–Crippen LogP) is 1.10. The SMILES string of the molecule is Cc1cc(S(=O)(=O)N2CC3CNCC3C2C)ccc1C#N. The number of nitrogens with one attached hydrogen (secondary N) is 1. The lowest BCUT2D eigenvalue weighted by Gasteiger charge is -2.24. The molecule has 6 heteroatoms. The van der Waals surface area contributed by atoms with Gasteiger partial charge in [0, 0.05) is 12.6 Å². The maximum Gasteiger partial charge on any atom is 0.243 e. The Kier molecular flexibility index (Phi) is 3.52. The van der Waals surface area contributed by atoms with Gasteiger partial charge in [-0.15, -0.1) is 0 Å². The second-order valence-electron chi connectivity index (χ2n) is 5.99. The number of aryl methyl sites for hydroxylation is 1. The van der Waals surface area contributed by atoms with Crippen LogP contribution in [0.25, 0.3) is 0 Å². The molecule has 3 atom stereocenters. The molecule has 0 amide bonds. The van der Waals surface area contributed by atoms with Gasteiger partial charge < -0.3 is 5.32 Å². The molecule has 1 aromatic rings. The van der Waals surface area contributed by atoms with Crippen LogP contribution in [0.3, 0.4) is 0 Å². The van der Waals surface area contributed by atoms with E-state index in [2.05, 4.69) is 11.4 Å². The van der Waals surface area contributed by atoms with Gasteiger partial charge in [0.25, 0.3) is 0 Å². The molecule has 3 rings (SSSR count). The van der Waals surface area contributed by atoms with Gasteiger partial charge >= 0.3 is 0 Å². The molecule has 1 aromatic carbocycles. The molecule has 0 saturated carbocycles. The standard InChI is InChI=1S/C15H19N3O2S/c1-10-5-14(4-3-12(10)6-16)21(19,20)18-9-13-7-17-8-15(13)11(18)2/h3-5,11,13,15,17H,7-9H2,1-2H3. The molecule has 112 valence electrons. The van der Waals surface area contributed by atoms with Crippen LogP contribution in [0.15, 0.2) is 23.1 Å². The van der Waals surface area contributed by atoms with E-state index in [4.69, 9.17) is 5.26 Å². The summed E-state index contributed by atoms with van der Waals surface area (Å²) in [6.07, 6.45) is 0. The van der Waals surface area contributed by atoms with Crippen LogP contribution >= 0.6 is 0 Å². The van der Waals surface area contributed by atoms with Gasteiger partial charge in [-0.05, 0) is 62.5 Å². The van der Waals surface area contributed by atoms with E-state index in [1.54, 1.807) is 29.4 Å². The lowest BCUT2D eigenvalue weighted by atomic mass is 9.95. The Hall–Kier alpha value is -1.42. The first-order chi connectivity index (χ1) is 9.95. The fourth-order valence-electron chi connectivity index (χ4n) is 3.50. The third-order valence-corrected chi connectivity index (χ3v) is 6.75. The summed E-state index contributed by atoms with van der Waals surface area (Å²) in [6.45, 7) is 6.13. The Morgan fingerprint density at radius 2 is 2.14 bits per heavy atom. The fourth-order valence-corrected chi connectivity index (χ4v) is 5.32. The molecule has 0 spiro atoms. The second-order valence-corrected chi connectivity index (χ2v) is 7.88. The van der Waals surface area contributed by atoms with Crippen LogP contribution in [0.4, 0.5) is 0 Å². The zero-order chi connectivity index (χ0) is 15.2. The number of nitriles is 1. The molecular formula is C15H19N3O2S. The van der Waals surface area contributed by atoms with Crippen LogP contribution in [0, 0.1) is 30.1 Å². The van der Waals surface area contributed by atoms with E-state index < -0.39 is 10.0 Å². The topological polar surface area (TPSA) is 73.2 Å². The van der Waals surface area contributed by atoms with Crippen LogP contribution in [0.2, 0.25) is 0 Å². The quantitative estimate of drug-likeness (QED) is 0.888. The van der Waals surface area contributed by atoms with Gasteiger partial charge in [-0.1, -0.05) is 0 Å². The van der Waals surface area contributed by atoms with Crippen LogP contribution < -0.4 is 5.32 Å². The van der Waals surface area contributed by atoms with Crippen molar-refractivity contribution in [2.24, 2.45) is 11.8 Å². The van der Waals surface area contributed by atoms with Crippen molar-refractivity contribution < 1.29 is 8.42 Å². The Morgan fingerprint density at radius 1 is 1.38 bits per heavy atom. The van der Waals surface area contributed by atoms with Crippen molar-refractivity contribution in [2.45, 2.75) is 24.8 Å². The average molecular weight is 305 g/mol. The van der Waals surface area contributed by atoms with Gasteiger partial charge in [-0.3, -0.25) is 0 Å². The van der Waals surface area contributed by atoms with Crippen LogP contribution in [-0.2, 0) is 10.0 Å². The first-order valence-corrected chi connectivity index (χ1v) is 8.62. The van der Waals surface area contributed by atoms with Crippen molar-refractivity contribution in [2.75, 3.05) is 19.6 Å². The first-order valence-electron chi connectivity index (χ1n) is 7.18. The minimum absolute atomic E-state index is 0.0194. The Bertz CT molecular complexity index is 708. The minimum Gasteiger partial charge on any atom is -0.316 e. The molecule has 0 radical (unpaired) electrons. The molecule has 2 fully saturated rings. The van der Waals surface area contributed by atoms with Crippen molar-refractivity contribution in [3.05, 3.63) is 29.3 Å². The number of benzene rings is 1. The Morgan fingerprint density at radius 3 is 2.76 bits per heavy atom. The molecule has 3 unspecified atom stereocenters. The van der Waals surface area contributed by atoms with E-state index in [-0.39, 0.29) is 6.04 Å². The largest absolute Gasteiger partial charge is 0.316 e. The molecule has 0 bridgehead atoms. The normalized spacial score (nSPS) is 29.3. The van der Waals surface area contributed by atoms with E-state index >= 15 is 0 Å². The van der Waals surface area contributed by atoms with E-state index in [0.717, 1.165) is 13.1 Å². The van der Waals surface area contributed by atoms with Gasteiger partial charge in [0.1, 0.15) is 0 Å². The van der Waals surface area contributed by atoms with Gasteiger partial charge in [0.15, 0.2) is 0 Å². The average Bonchev–Trinajstić information content (AvgIpc) is 3.02. The zero-order valence-electron chi connectivity index (χ0n) is 12.2. The fraction of sp³-hybridized carbons (Fsp3) is 0.533. The van der Waals surface area contributed by atoms with Crippen molar-refractivity contribution in [1.29, 1.82) is 5.26 Å². The molecule has 2 aliphatic heterocycles. The highest BCUT2D eigenvalue weighted by Gasteiger charge is 2.46. The highest BCUT2D eigenvalue weighted by atomic mass is 32.2. The third kappa shape index (κ3) is 2.26. The zero-order valence-corrected chi connectivity index (χ0v) is 13.0. The number of sulfonamides is 1. The molecule has 21 heavy (non-hydrogen) atoms. The van der Waals surface area contributed by atoms with Crippen molar-refractivity contribution in [3.63, 3.8) is 0 Å². The molecule has 2 heterocycles. The highest BCUT2D eigenvalue weighted by molar-refractivity contribution is 7.89. The van der Waals surface area contributed by atoms with Crippen LogP contribution in [-0.4, -0.2) is 38.4 Å². The summed E-state index contributed by atoms with van der Waals surface area (Å²) >= 11 is 0. The van der Waals surface area contributed by atoms with E-state index in [9.17, 15) is 8.42 Å². The predicted molar refractivity (Wildman–Crippen MR) is 79.1 cm³/mol. The van der Waals surface area contributed by atoms with Gasteiger partial charge in [0.05, 0.1) is 16.5 Å². The molecule has 0 aromatic heterocycles. The second kappa shape index (κ2) is 5.09. The number of hydrogen-bond donors (Lipinski definition) is 1. The monoisotopic (exact) mass is 305 g/mol. The van der Waals surface area contributed by atoms with Crippen molar-refractivity contribution in [1.82, 2.24) is 9.62 Å². The summed E-state index contributed by atoms with van der Waals surface area (Å²) in [6, 6.07) is 6.82. The van der Waals surface area contributed by atoms with Gasteiger partial charge in [0.2, 0.25) is 10.0 Å². The molecule has 2 saturated heterocycles. The smallest absolute Gasteiger partial charge is 0.243 e. The number of rotatable bonds is 2. The maximum absolute atomic E-state index is 12.9. The summed E-state index contributed by atoms with van der Waals surface area (Å²) in [4.78, 5) is 0.291. The molecule has 2 aliphatic rings. The van der Waals surface area contributed by atoms with E-state index in [0.29, 0.717) is 34.4 Å². The van der Waals surface area contributed by atoms with Crippen molar-refractivity contribution in [3.8, 4) is 6.07 Å². The number of nitrogens with zero attached hydrogens (tertiary/aromatic N) is 2. The van der Waals surface area contributed by atoms with Gasteiger partial charge in [-0.25, -0.2) is 8.42 Å². The summed E-state index contributed by atoms with van der Waals surface area (Å²) < 4.78 is 27.3. The van der Waals surface area contributed by atoms with E-state index in [1.807, 2.05) is 6.92 Å². The Balaban J connectivity index is 1.94. The summed E-state index contributed by atoms with van der Waals surface area (Å²) in [5, 5.41) is 12.3. The van der Waals surface area contributed by atoms with Crippen molar-refractivity contribution >= 4 is 10.0 Å². The number of fused-ring (bicyclic) bond motifs is 1. The maximum atomic E-state index is 12.9. The first kappa shape index (κ1) is 14.5. The summed E-state index contributed by atoms with van der Waals surface area (Å²) in [5.41, 5.74) is 1.22. The van der Waals surface area contributed by atoms with Crippen LogP contribution in [0.1, 0.15) is 18.1 Å². The molecule has 5 nitrogen and oxygen atoms in total. The lowest BCUT2D eigenvalue weighted by molar-refractivity contribution is 0.360. The van der Waals surface area contributed by atoms with Crippen LogP contribution in [0.5, 0.6) is 0 Å². The summed E-state index contributed by atoms with van der Waals surface area (Å²) in [5.74, 6) is 0.813. The minimum atomic E-state index is -3.48. The third-order valence-electron chi connectivity index (χ3n) is 4.81.